The highest BCUT2D eigenvalue weighted by Gasteiger charge is 2.15. The molecule has 0 aliphatic heterocycles. The maximum absolute atomic E-state index is 3.95. The van der Waals surface area contributed by atoms with Crippen LogP contribution in [0.2, 0.25) is 0 Å². The van der Waals surface area contributed by atoms with Gasteiger partial charge in [0.05, 0.1) is 0 Å². The molecule has 0 fully saturated rings. The first kappa shape index (κ1) is 10.0. The zero-order valence-electron chi connectivity index (χ0n) is 8.83. The third-order valence-corrected chi connectivity index (χ3v) is 2.39. The fraction of sp³-hybridized carbons (Fsp3) is 0.778. The zero-order valence-corrected chi connectivity index (χ0v) is 8.83. The number of rotatable bonds is 4. The van der Waals surface area contributed by atoms with Crippen molar-refractivity contribution in [1.29, 1.82) is 0 Å². The molecule has 1 heterocycles. The highest BCUT2D eigenvalue weighted by Crippen LogP contribution is 2.19. The number of hydrogen-bond donors (Lipinski definition) is 1. The molecule has 1 N–H and O–H groups in total. The third kappa shape index (κ3) is 2.72. The molecule has 74 valence electrons. The van der Waals surface area contributed by atoms with E-state index in [1.165, 1.54) is 0 Å². The van der Waals surface area contributed by atoms with Crippen molar-refractivity contribution in [2.75, 3.05) is 11.9 Å². The molecule has 0 unspecified atom stereocenters. The van der Waals surface area contributed by atoms with Crippen molar-refractivity contribution < 1.29 is 0 Å². The summed E-state index contributed by atoms with van der Waals surface area (Å²) >= 11 is 0. The molecule has 0 aliphatic rings. The molecule has 0 bridgehead atoms. The summed E-state index contributed by atoms with van der Waals surface area (Å²) < 4.78 is 1.88. The van der Waals surface area contributed by atoms with Crippen molar-refractivity contribution in [2.24, 2.45) is 12.5 Å². The molecule has 0 aliphatic carbocycles. The Kier molecular flexibility index (Phi) is 2.90. The molecule has 1 aromatic heterocycles. The minimum atomic E-state index is 0.311. The van der Waals surface area contributed by atoms with E-state index >= 15 is 0 Å². The molecule has 0 aromatic carbocycles. The summed E-state index contributed by atoms with van der Waals surface area (Å²) in [5, 5.41) is 11.0. The predicted molar refractivity (Wildman–Crippen MR) is 53.6 cm³/mol. The van der Waals surface area contributed by atoms with Crippen molar-refractivity contribution >= 4 is 5.95 Å². The van der Waals surface area contributed by atoms with Gasteiger partial charge in [-0.2, -0.15) is 0 Å². The second-order valence-corrected chi connectivity index (χ2v) is 4.14. The maximum Gasteiger partial charge on any atom is 0.224 e. The molecule has 0 radical (unpaired) electrons. The van der Waals surface area contributed by atoms with Gasteiger partial charge in [-0.15, -0.1) is 10.2 Å². The summed E-state index contributed by atoms with van der Waals surface area (Å²) in [5.74, 6) is 0.835. The Balaban J connectivity index is 2.48. The monoisotopic (exact) mass is 182 g/mol. The van der Waals surface area contributed by atoms with Gasteiger partial charge in [-0.05, 0) is 11.8 Å². The first-order chi connectivity index (χ1) is 6.05. The smallest absolute Gasteiger partial charge is 0.224 e. The van der Waals surface area contributed by atoms with Crippen molar-refractivity contribution in [3.8, 4) is 0 Å². The summed E-state index contributed by atoms with van der Waals surface area (Å²) in [6.07, 6.45) is 2.85. The van der Waals surface area contributed by atoms with Crippen LogP contribution in [0.1, 0.15) is 27.2 Å². The van der Waals surface area contributed by atoms with Crippen LogP contribution >= 0.6 is 0 Å². The van der Waals surface area contributed by atoms with Gasteiger partial charge in [-0.25, -0.2) is 0 Å². The summed E-state index contributed by atoms with van der Waals surface area (Å²) in [4.78, 5) is 0. The lowest BCUT2D eigenvalue weighted by Gasteiger charge is -2.22. The number of aryl methyl sites for hydroxylation is 1. The van der Waals surface area contributed by atoms with Gasteiger partial charge in [0.1, 0.15) is 6.33 Å². The summed E-state index contributed by atoms with van der Waals surface area (Å²) in [6, 6.07) is 0. The molecule has 4 heteroatoms. The molecule has 1 aromatic rings. The fourth-order valence-corrected chi connectivity index (χ4v) is 0.887. The quantitative estimate of drug-likeness (QED) is 0.770. The van der Waals surface area contributed by atoms with Gasteiger partial charge in [0, 0.05) is 13.6 Å². The van der Waals surface area contributed by atoms with Crippen molar-refractivity contribution in [3.63, 3.8) is 0 Å². The molecule has 0 spiro atoms. The van der Waals surface area contributed by atoms with E-state index in [9.17, 15) is 0 Å². The molecule has 0 saturated carbocycles. The van der Waals surface area contributed by atoms with Crippen LogP contribution in [-0.4, -0.2) is 21.3 Å². The minimum Gasteiger partial charge on any atom is -0.354 e. The van der Waals surface area contributed by atoms with Gasteiger partial charge >= 0.3 is 0 Å². The third-order valence-electron chi connectivity index (χ3n) is 2.39. The Bertz CT molecular complexity index is 264. The van der Waals surface area contributed by atoms with Crippen molar-refractivity contribution in [2.45, 2.75) is 27.2 Å². The Labute approximate surface area is 79.4 Å². The molecule has 0 amide bonds. The number of aromatic nitrogens is 3. The second-order valence-electron chi connectivity index (χ2n) is 4.14. The molecule has 0 saturated heterocycles. The van der Waals surface area contributed by atoms with Gasteiger partial charge < -0.3 is 9.88 Å². The van der Waals surface area contributed by atoms with E-state index < -0.39 is 0 Å². The minimum absolute atomic E-state index is 0.311. The van der Waals surface area contributed by atoms with Gasteiger partial charge in [-0.1, -0.05) is 20.8 Å². The van der Waals surface area contributed by atoms with Gasteiger partial charge in [0.2, 0.25) is 5.95 Å². The Morgan fingerprint density at radius 2 is 2.23 bits per heavy atom. The topological polar surface area (TPSA) is 42.7 Å². The van der Waals surface area contributed by atoms with Crippen LogP contribution in [0.5, 0.6) is 0 Å². The molecule has 0 atom stereocenters. The average Bonchev–Trinajstić information content (AvgIpc) is 2.48. The first-order valence-electron chi connectivity index (χ1n) is 4.63. The zero-order chi connectivity index (χ0) is 9.90. The van der Waals surface area contributed by atoms with E-state index in [0.29, 0.717) is 5.41 Å². The number of hydrogen-bond acceptors (Lipinski definition) is 3. The number of anilines is 1. The van der Waals surface area contributed by atoms with Gasteiger partial charge in [-0.3, -0.25) is 0 Å². The lowest BCUT2D eigenvalue weighted by atomic mass is 9.90. The Hall–Kier alpha value is -1.06. The lowest BCUT2D eigenvalue weighted by Crippen LogP contribution is -2.23. The van der Waals surface area contributed by atoms with E-state index in [1.807, 2.05) is 11.6 Å². The Morgan fingerprint density at radius 1 is 1.54 bits per heavy atom. The number of nitrogens with one attached hydrogen (secondary N) is 1. The first-order valence-corrected chi connectivity index (χ1v) is 4.63. The van der Waals surface area contributed by atoms with Crippen LogP contribution in [0.3, 0.4) is 0 Å². The SMILES string of the molecule is CCC(C)(C)CNc1nncn1C. The van der Waals surface area contributed by atoms with E-state index in [0.717, 1.165) is 18.9 Å². The highest BCUT2D eigenvalue weighted by atomic mass is 15.3. The number of nitrogens with zero attached hydrogens (tertiary/aromatic N) is 3. The van der Waals surface area contributed by atoms with Crippen molar-refractivity contribution in [1.82, 2.24) is 14.8 Å². The summed E-state index contributed by atoms with van der Waals surface area (Å²) in [7, 11) is 1.93. The highest BCUT2D eigenvalue weighted by molar-refractivity contribution is 5.23. The van der Waals surface area contributed by atoms with E-state index in [2.05, 4.69) is 36.3 Å². The standard InChI is InChI=1S/C9H18N4/c1-5-9(2,3)6-10-8-12-11-7-13(8)4/h7H,5-6H2,1-4H3,(H,10,12). The van der Waals surface area contributed by atoms with Gasteiger partial charge in [0.15, 0.2) is 0 Å². The fourth-order valence-electron chi connectivity index (χ4n) is 0.887. The van der Waals surface area contributed by atoms with Crippen LogP contribution in [0.15, 0.2) is 6.33 Å². The molecule has 13 heavy (non-hydrogen) atoms. The maximum atomic E-state index is 3.95. The van der Waals surface area contributed by atoms with Crippen LogP contribution in [0.25, 0.3) is 0 Å². The van der Waals surface area contributed by atoms with Crippen molar-refractivity contribution in [3.05, 3.63) is 6.33 Å². The predicted octanol–water partition coefficient (Wildman–Crippen LogP) is 1.66. The normalized spacial score (nSPS) is 11.7. The largest absolute Gasteiger partial charge is 0.354 e. The molecular formula is C9H18N4. The summed E-state index contributed by atoms with van der Waals surface area (Å²) in [5.41, 5.74) is 0.311. The summed E-state index contributed by atoms with van der Waals surface area (Å²) in [6.45, 7) is 7.58. The van der Waals surface area contributed by atoms with E-state index in [4.69, 9.17) is 0 Å². The molecule has 1 rings (SSSR count). The average molecular weight is 182 g/mol. The molecule has 4 nitrogen and oxygen atoms in total. The van der Waals surface area contributed by atoms with Crippen LogP contribution in [0.4, 0.5) is 5.95 Å². The van der Waals surface area contributed by atoms with E-state index in [-0.39, 0.29) is 0 Å². The van der Waals surface area contributed by atoms with E-state index in [1.54, 1.807) is 6.33 Å². The molecular weight excluding hydrogens is 164 g/mol. The van der Waals surface area contributed by atoms with Crippen LogP contribution in [0, 0.1) is 5.41 Å². The lowest BCUT2D eigenvalue weighted by molar-refractivity contribution is 0.375. The van der Waals surface area contributed by atoms with Crippen LogP contribution in [-0.2, 0) is 7.05 Å². The Morgan fingerprint density at radius 3 is 2.69 bits per heavy atom. The van der Waals surface area contributed by atoms with Crippen LogP contribution < -0.4 is 5.32 Å². The van der Waals surface area contributed by atoms with Gasteiger partial charge in [0.25, 0.3) is 0 Å². The second kappa shape index (κ2) is 3.77.